The monoisotopic (exact) mass is 273 g/mol. The molecule has 0 spiro atoms. The van der Waals surface area contributed by atoms with Gasteiger partial charge in [0.25, 0.3) is 0 Å². The molecule has 1 saturated heterocycles. The second-order valence-electron chi connectivity index (χ2n) is 4.92. The van der Waals surface area contributed by atoms with Gasteiger partial charge in [0.05, 0.1) is 18.8 Å². The minimum atomic E-state index is -0.0810. The maximum absolute atomic E-state index is 11.2. The number of unbranched alkanes of at least 4 members (excludes halogenated alkanes) is 2. The van der Waals surface area contributed by atoms with E-state index in [0.717, 1.165) is 38.9 Å². The molecule has 0 radical (unpaired) electrons. The molecule has 5 nitrogen and oxygen atoms in total. The van der Waals surface area contributed by atoms with Crippen molar-refractivity contribution >= 4 is 5.97 Å². The minimum Gasteiger partial charge on any atom is -0.466 e. The van der Waals surface area contributed by atoms with Crippen LogP contribution >= 0.6 is 0 Å². The molecule has 1 rings (SSSR count). The predicted molar refractivity (Wildman–Crippen MR) is 73.1 cm³/mol. The molecule has 19 heavy (non-hydrogen) atoms. The molecule has 0 aromatic heterocycles. The van der Waals surface area contributed by atoms with E-state index in [1.54, 1.807) is 14.2 Å². The molecule has 1 heterocycles. The number of hydrogen-bond donors (Lipinski definition) is 0. The second-order valence-corrected chi connectivity index (χ2v) is 4.92. The molecule has 1 aliphatic rings. The number of esters is 1. The molecule has 0 amide bonds. The normalized spacial score (nSPS) is 23.7. The van der Waals surface area contributed by atoms with E-state index in [-0.39, 0.29) is 18.2 Å². The Morgan fingerprint density at radius 3 is 2.26 bits per heavy atom. The molecule has 0 N–H and O–H groups in total. The molecular weight excluding hydrogens is 246 g/mol. The fourth-order valence-electron chi connectivity index (χ4n) is 2.47. The minimum absolute atomic E-state index is 0.0810. The van der Waals surface area contributed by atoms with Gasteiger partial charge in [0.15, 0.2) is 0 Å². The number of methoxy groups -OCH3 is 2. The van der Waals surface area contributed by atoms with E-state index in [2.05, 4.69) is 4.90 Å². The van der Waals surface area contributed by atoms with Crippen molar-refractivity contribution in [3.8, 4) is 0 Å². The van der Waals surface area contributed by atoms with E-state index < -0.39 is 0 Å². The quantitative estimate of drug-likeness (QED) is 0.470. The first-order chi connectivity index (χ1) is 9.21. The fourth-order valence-corrected chi connectivity index (χ4v) is 2.47. The van der Waals surface area contributed by atoms with Crippen LogP contribution in [0.3, 0.4) is 0 Å². The van der Waals surface area contributed by atoms with E-state index >= 15 is 0 Å². The van der Waals surface area contributed by atoms with Gasteiger partial charge in [-0.25, -0.2) is 0 Å². The van der Waals surface area contributed by atoms with Crippen molar-refractivity contribution < 1.29 is 19.0 Å². The molecule has 0 aromatic rings. The molecular formula is C14H27NO4. The summed E-state index contributed by atoms with van der Waals surface area (Å²) in [5.74, 6) is -0.0810. The summed E-state index contributed by atoms with van der Waals surface area (Å²) in [5, 5.41) is 0. The Bertz CT molecular complexity index is 248. The van der Waals surface area contributed by atoms with Gasteiger partial charge in [0.2, 0.25) is 0 Å². The zero-order valence-electron chi connectivity index (χ0n) is 12.4. The van der Waals surface area contributed by atoms with Crippen LogP contribution in [0.5, 0.6) is 0 Å². The molecule has 0 saturated carbocycles. The number of rotatable bonds is 9. The van der Waals surface area contributed by atoms with E-state index in [1.165, 1.54) is 0 Å². The van der Waals surface area contributed by atoms with Gasteiger partial charge in [-0.15, -0.1) is 0 Å². The van der Waals surface area contributed by atoms with E-state index in [0.29, 0.717) is 13.0 Å². The van der Waals surface area contributed by atoms with Crippen molar-refractivity contribution in [2.75, 3.05) is 40.5 Å². The van der Waals surface area contributed by atoms with Crippen LogP contribution in [0.2, 0.25) is 0 Å². The van der Waals surface area contributed by atoms with Gasteiger partial charge in [-0.05, 0) is 26.3 Å². The highest BCUT2D eigenvalue weighted by molar-refractivity contribution is 5.69. The Hall–Kier alpha value is -0.650. The Balaban J connectivity index is 2.06. The summed E-state index contributed by atoms with van der Waals surface area (Å²) in [6, 6.07) is 0. The highest BCUT2D eigenvalue weighted by Crippen LogP contribution is 2.16. The first-order valence-electron chi connectivity index (χ1n) is 7.14. The Morgan fingerprint density at radius 2 is 1.74 bits per heavy atom. The standard InChI is InChI=1S/C14H27NO4/c1-4-19-14(16)8-6-5-7-9-15-10-12(17-2)13(11-15)18-3/h12-13H,4-11H2,1-3H3. The molecule has 1 aliphatic heterocycles. The molecule has 0 aliphatic carbocycles. The van der Waals surface area contributed by atoms with Gasteiger partial charge in [-0.1, -0.05) is 6.42 Å². The van der Waals surface area contributed by atoms with Crippen molar-refractivity contribution in [2.45, 2.75) is 44.8 Å². The van der Waals surface area contributed by atoms with Crippen molar-refractivity contribution in [1.82, 2.24) is 4.90 Å². The van der Waals surface area contributed by atoms with Crippen LogP contribution in [0.1, 0.15) is 32.6 Å². The SMILES string of the molecule is CCOC(=O)CCCCCN1CC(OC)C(OC)C1. The summed E-state index contributed by atoms with van der Waals surface area (Å²) < 4.78 is 15.7. The lowest BCUT2D eigenvalue weighted by Gasteiger charge is -2.14. The number of carbonyl (C=O) groups excluding carboxylic acids is 1. The van der Waals surface area contributed by atoms with Crippen LogP contribution < -0.4 is 0 Å². The zero-order valence-corrected chi connectivity index (χ0v) is 12.4. The molecule has 0 aromatic carbocycles. The van der Waals surface area contributed by atoms with Crippen LogP contribution in [0.4, 0.5) is 0 Å². The van der Waals surface area contributed by atoms with Crippen LogP contribution in [-0.2, 0) is 19.0 Å². The van der Waals surface area contributed by atoms with Gasteiger partial charge in [-0.3, -0.25) is 9.69 Å². The third-order valence-corrected chi connectivity index (χ3v) is 3.56. The number of hydrogen-bond acceptors (Lipinski definition) is 5. The number of ether oxygens (including phenoxy) is 3. The first-order valence-corrected chi connectivity index (χ1v) is 7.14. The van der Waals surface area contributed by atoms with Gasteiger partial charge in [0, 0.05) is 33.7 Å². The van der Waals surface area contributed by atoms with Crippen LogP contribution in [0.15, 0.2) is 0 Å². The van der Waals surface area contributed by atoms with E-state index in [1.807, 2.05) is 6.92 Å². The molecule has 5 heteroatoms. The largest absolute Gasteiger partial charge is 0.466 e. The van der Waals surface area contributed by atoms with Crippen molar-refractivity contribution in [3.05, 3.63) is 0 Å². The number of nitrogens with zero attached hydrogens (tertiary/aromatic N) is 1. The van der Waals surface area contributed by atoms with E-state index in [4.69, 9.17) is 14.2 Å². The predicted octanol–water partition coefficient (Wildman–Crippen LogP) is 1.46. The third-order valence-electron chi connectivity index (χ3n) is 3.56. The third kappa shape index (κ3) is 5.89. The van der Waals surface area contributed by atoms with E-state index in [9.17, 15) is 4.79 Å². The lowest BCUT2D eigenvalue weighted by atomic mass is 10.2. The molecule has 2 atom stereocenters. The van der Waals surface area contributed by atoms with Crippen molar-refractivity contribution in [2.24, 2.45) is 0 Å². The first kappa shape index (κ1) is 16.4. The molecule has 0 bridgehead atoms. The lowest BCUT2D eigenvalue weighted by Crippen LogP contribution is -2.27. The van der Waals surface area contributed by atoms with Crippen LogP contribution in [0.25, 0.3) is 0 Å². The fraction of sp³-hybridized carbons (Fsp3) is 0.929. The van der Waals surface area contributed by atoms with Crippen molar-refractivity contribution in [3.63, 3.8) is 0 Å². The van der Waals surface area contributed by atoms with Crippen molar-refractivity contribution in [1.29, 1.82) is 0 Å². The van der Waals surface area contributed by atoms with Crippen LogP contribution in [0, 0.1) is 0 Å². The zero-order chi connectivity index (χ0) is 14.1. The van der Waals surface area contributed by atoms with Gasteiger partial charge in [0.1, 0.15) is 0 Å². The number of likely N-dealkylation sites (tertiary alicyclic amines) is 1. The summed E-state index contributed by atoms with van der Waals surface area (Å²) >= 11 is 0. The second kappa shape index (κ2) is 9.28. The smallest absolute Gasteiger partial charge is 0.305 e. The summed E-state index contributed by atoms with van der Waals surface area (Å²) in [4.78, 5) is 13.5. The average Bonchev–Trinajstić information content (AvgIpc) is 2.81. The Morgan fingerprint density at radius 1 is 1.11 bits per heavy atom. The Kier molecular flexibility index (Phi) is 8.02. The summed E-state index contributed by atoms with van der Waals surface area (Å²) in [5.41, 5.74) is 0. The Labute approximate surface area is 116 Å². The molecule has 1 fully saturated rings. The van der Waals surface area contributed by atoms with Gasteiger partial charge in [-0.2, -0.15) is 0 Å². The molecule has 112 valence electrons. The maximum Gasteiger partial charge on any atom is 0.305 e. The lowest BCUT2D eigenvalue weighted by molar-refractivity contribution is -0.143. The summed E-state index contributed by atoms with van der Waals surface area (Å²) in [6.45, 7) is 5.23. The highest BCUT2D eigenvalue weighted by atomic mass is 16.5. The average molecular weight is 273 g/mol. The maximum atomic E-state index is 11.2. The van der Waals surface area contributed by atoms with Crippen LogP contribution in [-0.4, -0.2) is 63.5 Å². The highest BCUT2D eigenvalue weighted by Gasteiger charge is 2.32. The van der Waals surface area contributed by atoms with Gasteiger partial charge >= 0.3 is 5.97 Å². The number of carbonyl (C=O) groups is 1. The molecule has 2 unspecified atom stereocenters. The summed E-state index contributed by atoms with van der Waals surface area (Å²) in [7, 11) is 3.47. The topological polar surface area (TPSA) is 48.0 Å². The van der Waals surface area contributed by atoms with Gasteiger partial charge < -0.3 is 14.2 Å². The summed E-state index contributed by atoms with van der Waals surface area (Å²) in [6.07, 6.45) is 3.98.